The minimum absolute atomic E-state index is 0. The van der Waals surface area contributed by atoms with Gasteiger partial charge in [-0.25, -0.2) is 4.57 Å². The Balaban J connectivity index is 0.00000329. The van der Waals surface area contributed by atoms with Crippen molar-refractivity contribution >= 4 is 7.82 Å². The van der Waals surface area contributed by atoms with Crippen molar-refractivity contribution in [2.45, 2.75) is 159 Å². The average Bonchev–Trinajstić information content (AvgIpc) is 3.03. The summed E-state index contributed by atoms with van der Waals surface area (Å²) in [5.41, 5.74) is 7.22. The van der Waals surface area contributed by atoms with Gasteiger partial charge in [-0.05, 0) is 108 Å². The molecule has 0 N–H and O–H groups in total. The van der Waals surface area contributed by atoms with Crippen LogP contribution in [-0.4, -0.2) is 0 Å². The van der Waals surface area contributed by atoms with E-state index in [9.17, 15) is 9.46 Å². The van der Waals surface area contributed by atoms with Crippen LogP contribution in [0.4, 0.5) is 0 Å². The van der Waals surface area contributed by atoms with Crippen LogP contribution in [0.2, 0.25) is 0 Å². The number of phosphoric acid groups is 1. The Morgan fingerprint density at radius 1 is 0.512 bits per heavy atom. The van der Waals surface area contributed by atoms with Gasteiger partial charge in [-0.1, -0.05) is 101 Å². The fourth-order valence-electron chi connectivity index (χ4n) is 9.19. The van der Waals surface area contributed by atoms with Crippen molar-refractivity contribution in [3.05, 3.63) is 57.6 Å². The molecular formula is C37H50NaO4P. The largest absolute Gasteiger partial charge is 1.00 e. The summed E-state index contributed by atoms with van der Waals surface area (Å²) >= 11 is 0. The minimum atomic E-state index is -4.62. The van der Waals surface area contributed by atoms with Crippen molar-refractivity contribution in [1.29, 1.82) is 0 Å². The molecule has 2 aromatic rings. The fraction of sp³-hybridized carbons (Fsp3) is 0.676. The molecule has 1 heterocycles. The van der Waals surface area contributed by atoms with Crippen molar-refractivity contribution in [3.63, 3.8) is 0 Å². The number of hydrogen-bond acceptors (Lipinski definition) is 4. The second-order valence-corrected chi connectivity index (χ2v) is 15.6. The summed E-state index contributed by atoms with van der Waals surface area (Å²) in [6, 6.07) is 9.36. The van der Waals surface area contributed by atoms with Crippen molar-refractivity contribution in [1.82, 2.24) is 0 Å². The van der Waals surface area contributed by atoms with Crippen LogP contribution in [0.15, 0.2) is 24.3 Å². The molecule has 4 fully saturated rings. The van der Waals surface area contributed by atoms with Gasteiger partial charge in [0.15, 0.2) is 0 Å². The maximum absolute atomic E-state index is 13.8. The third-order valence-electron chi connectivity index (χ3n) is 11.5. The van der Waals surface area contributed by atoms with E-state index in [4.69, 9.17) is 9.05 Å². The molecule has 0 saturated heterocycles. The molecule has 0 unspecified atom stereocenters. The van der Waals surface area contributed by atoms with Gasteiger partial charge in [-0.3, -0.25) is 0 Å². The summed E-state index contributed by atoms with van der Waals surface area (Å²) in [7, 11) is -4.62. The number of phosphoric ester groups is 1. The van der Waals surface area contributed by atoms with Crippen LogP contribution in [-0.2, 0) is 11.0 Å². The van der Waals surface area contributed by atoms with Gasteiger partial charge in [-0.15, -0.1) is 0 Å². The maximum Gasteiger partial charge on any atom is 1.00 e. The van der Waals surface area contributed by atoms with Crippen LogP contribution >= 0.6 is 7.82 Å². The van der Waals surface area contributed by atoms with Crippen LogP contribution in [0.5, 0.6) is 11.5 Å². The molecule has 1 aliphatic heterocycles. The van der Waals surface area contributed by atoms with E-state index in [2.05, 4.69) is 24.3 Å². The molecule has 0 aromatic heterocycles. The van der Waals surface area contributed by atoms with Gasteiger partial charge in [0.1, 0.15) is 11.5 Å². The molecular weight excluding hydrogens is 562 g/mol. The molecule has 4 nitrogen and oxygen atoms in total. The molecule has 0 atom stereocenters. The standard InChI is InChI=1S/C37H51O4P.Na/c38-42(39)40-36-32(21-30(26-13-5-1-6-14-26)24-34(36)28-17-9-3-10-18-28)23-33-22-31(27-15-7-2-8-16-27)25-35(37(33)41-42)29-19-11-4-12-20-29;/h21-22,24-29H,1-20,23H2,(H,38,39);/q;+1/p-1. The molecule has 4 saturated carbocycles. The average molecular weight is 613 g/mol. The van der Waals surface area contributed by atoms with E-state index in [0.717, 1.165) is 47.9 Å². The third kappa shape index (κ3) is 7.30. The predicted molar refractivity (Wildman–Crippen MR) is 168 cm³/mol. The second-order valence-electron chi connectivity index (χ2n) is 14.3. The Labute approximate surface area is 282 Å². The molecule has 6 heteroatoms. The van der Waals surface area contributed by atoms with E-state index in [-0.39, 0.29) is 29.6 Å². The van der Waals surface area contributed by atoms with Gasteiger partial charge in [0, 0.05) is 6.42 Å². The predicted octanol–water partition coefficient (Wildman–Crippen LogP) is 7.71. The van der Waals surface area contributed by atoms with E-state index in [1.54, 1.807) is 0 Å². The van der Waals surface area contributed by atoms with E-state index in [1.807, 2.05) is 0 Å². The van der Waals surface area contributed by atoms with E-state index in [1.165, 1.54) is 114 Å². The van der Waals surface area contributed by atoms with Gasteiger partial charge in [-0.2, -0.15) is 0 Å². The molecule has 2 aromatic carbocycles. The van der Waals surface area contributed by atoms with Crippen LogP contribution in [0.1, 0.15) is 185 Å². The third-order valence-corrected chi connectivity index (χ3v) is 12.3. The van der Waals surface area contributed by atoms with Gasteiger partial charge in [0.2, 0.25) is 0 Å². The summed E-state index contributed by atoms with van der Waals surface area (Å²) in [6.07, 6.45) is 25.3. The topological polar surface area (TPSA) is 58.6 Å². The number of fused-ring (bicyclic) bond motifs is 2. The normalized spacial score (nSPS) is 23.9. The smallest absolute Gasteiger partial charge is 0.736 e. The molecule has 0 amide bonds. The Bertz CT molecular complexity index is 1200. The molecule has 228 valence electrons. The molecule has 0 bridgehead atoms. The van der Waals surface area contributed by atoms with E-state index >= 15 is 0 Å². The molecule has 4 aliphatic carbocycles. The molecule has 5 aliphatic rings. The van der Waals surface area contributed by atoms with Gasteiger partial charge >= 0.3 is 37.4 Å². The van der Waals surface area contributed by atoms with Crippen molar-refractivity contribution in [2.75, 3.05) is 0 Å². The summed E-state index contributed by atoms with van der Waals surface area (Å²) in [4.78, 5) is 13.8. The molecule has 0 radical (unpaired) electrons. The van der Waals surface area contributed by atoms with Crippen LogP contribution in [0, 0.1) is 0 Å². The monoisotopic (exact) mass is 612 g/mol. The van der Waals surface area contributed by atoms with Crippen molar-refractivity contribution < 1.29 is 48.1 Å². The first kappa shape index (κ1) is 32.2. The van der Waals surface area contributed by atoms with Crippen molar-refractivity contribution in [2.24, 2.45) is 0 Å². The minimum Gasteiger partial charge on any atom is -0.736 e. The second kappa shape index (κ2) is 14.3. The van der Waals surface area contributed by atoms with Gasteiger partial charge in [0.25, 0.3) is 0 Å². The van der Waals surface area contributed by atoms with Gasteiger partial charge < -0.3 is 13.9 Å². The number of hydrogen-bond donors (Lipinski definition) is 0. The Morgan fingerprint density at radius 3 is 1.19 bits per heavy atom. The van der Waals surface area contributed by atoms with Crippen molar-refractivity contribution in [3.8, 4) is 11.5 Å². The zero-order valence-electron chi connectivity index (χ0n) is 26.5. The SMILES string of the molecule is O=P1([O-])Oc2c(cc(C3CCCCC3)cc2C2CCCCC2)Cc2cc(C3CCCCC3)cc(C3CCCCC3)c2O1.[Na+]. The number of rotatable bonds is 4. The fourth-order valence-corrected chi connectivity index (χ4v) is 10.1. The first-order chi connectivity index (χ1) is 20.5. The summed E-state index contributed by atoms with van der Waals surface area (Å²) in [6.45, 7) is 0. The maximum atomic E-state index is 13.8. The first-order valence-corrected chi connectivity index (χ1v) is 19.0. The summed E-state index contributed by atoms with van der Waals surface area (Å²) < 4.78 is 25.9. The van der Waals surface area contributed by atoms with E-state index < -0.39 is 7.82 Å². The van der Waals surface area contributed by atoms with Crippen LogP contribution in [0.25, 0.3) is 0 Å². The zero-order chi connectivity index (χ0) is 28.5. The Morgan fingerprint density at radius 2 is 0.837 bits per heavy atom. The summed E-state index contributed by atoms with van der Waals surface area (Å²) in [5, 5.41) is 0. The van der Waals surface area contributed by atoms with Gasteiger partial charge in [0.05, 0.1) is 0 Å². The Kier molecular flexibility index (Phi) is 10.7. The molecule has 43 heavy (non-hydrogen) atoms. The van der Waals surface area contributed by atoms with E-state index in [0.29, 0.717) is 41.6 Å². The molecule has 7 rings (SSSR count). The Hall–Kier alpha value is -0.770. The molecule has 0 spiro atoms. The summed E-state index contributed by atoms with van der Waals surface area (Å²) in [5.74, 6) is 3.04. The number of benzene rings is 2. The van der Waals surface area contributed by atoms with Crippen LogP contribution in [0.3, 0.4) is 0 Å². The van der Waals surface area contributed by atoms with Crippen LogP contribution < -0.4 is 43.5 Å². The quantitative estimate of drug-likeness (QED) is 0.262. The zero-order valence-corrected chi connectivity index (χ0v) is 29.4. The first-order valence-electron chi connectivity index (χ1n) is 17.6.